The van der Waals surface area contributed by atoms with Crippen LogP contribution < -0.4 is 10.6 Å². The Labute approximate surface area is 149 Å². The third-order valence-corrected chi connectivity index (χ3v) is 4.06. The van der Waals surface area contributed by atoms with Crippen molar-refractivity contribution in [3.05, 3.63) is 36.0 Å². The summed E-state index contributed by atoms with van der Waals surface area (Å²) in [7, 11) is 3.49. The number of aromatic nitrogens is 1. The van der Waals surface area contributed by atoms with Gasteiger partial charge < -0.3 is 20.5 Å². The van der Waals surface area contributed by atoms with Gasteiger partial charge in [0.05, 0.1) is 0 Å². The second-order valence-corrected chi connectivity index (χ2v) is 6.27. The molecule has 0 aliphatic rings. The third-order valence-electron chi connectivity index (χ3n) is 4.06. The summed E-state index contributed by atoms with van der Waals surface area (Å²) in [6.45, 7) is 3.92. The number of aromatic amines is 1. The first-order valence-corrected chi connectivity index (χ1v) is 8.89. The summed E-state index contributed by atoms with van der Waals surface area (Å²) in [6.07, 6.45) is 5.14. The van der Waals surface area contributed by atoms with Gasteiger partial charge in [0.15, 0.2) is 5.96 Å². The largest absolute Gasteiger partial charge is 0.361 e. The fourth-order valence-electron chi connectivity index (χ4n) is 2.50. The molecule has 1 amide bonds. The summed E-state index contributed by atoms with van der Waals surface area (Å²) in [5.41, 5.74) is 2.43. The van der Waals surface area contributed by atoms with Crippen LogP contribution in [0.2, 0.25) is 0 Å². The van der Waals surface area contributed by atoms with Crippen molar-refractivity contribution in [2.45, 2.75) is 26.2 Å². The zero-order chi connectivity index (χ0) is 18.1. The molecule has 0 aliphatic carbocycles. The first-order chi connectivity index (χ1) is 12.1. The number of hydrogen-bond donors (Lipinski definition) is 3. The van der Waals surface area contributed by atoms with E-state index in [0.717, 1.165) is 37.9 Å². The van der Waals surface area contributed by atoms with E-state index in [4.69, 9.17) is 0 Å². The molecule has 6 heteroatoms. The zero-order valence-corrected chi connectivity index (χ0v) is 15.4. The van der Waals surface area contributed by atoms with E-state index in [2.05, 4.69) is 51.9 Å². The monoisotopic (exact) mass is 343 g/mol. The Kier molecular flexibility index (Phi) is 7.32. The first-order valence-electron chi connectivity index (χ1n) is 8.89. The molecule has 136 valence electrons. The number of H-pyrrole nitrogens is 1. The molecule has 2 aromatic rings. The second-order valence-electron chi connectivity index (χ2n) is 6.27. The summed E-state index contributed by atoms with van der Waals surface area (Å²) in [4.78, 5) is 21.0. The fourth-order valence-corrected chi connectivity index (χ4v) is 2.50. The summed E-state index contributed by atoms with van der Waals surface area (Å²) >= 11 is 0. The predicted molar refractivity (Wildman–Crippen MR) is 104 cm³/mol. The van der Waals surface area contributed by atoms with E-state index in [9.17, 15) is 4.79 Å². The van der Waals surface area contributed by atoms with Gasteiger partial charge in [0.25, 0.3) is 0 Å². The second kappa shape index (κ2) is 9.71. The molecule has 0 spiro atoms. The van der Waals surface area contributed by atoms with Crippen molar-refractivity contribution in [3.63, 3.8) is 0 Å². The SMILES string of the molecule is CCCCNC(=NCC(=O)N(C)C)NCCc1c[nH]c2ccccc12. The van der Waals surface area contributed by atoms with E-state index < -0.39 is 0 Å². The van der Waals surface area contributed by atoms with Crippen LogP contribution in [0.5, 0.6) is 0 Å². The average Bonchev–Trinajstić information content (AvgIpc) is 3.02. The molecule has 1 aromatic carbocycles. The molecule has 0 unspecified atom stereocenters. The van der Waals surface area contributed by atoms with Crippen molar-refractivity contribution >= 4 is 22.8 Å². The van der Waals surface area contributed by atoms with Crippen molar-refractivity contribution in [2.75, 3.05) is 33.7 Å². The Balaban J connectivity index is 1.91. The van der Waals surface area contributed by atoms with Crippen LogP contribution in [0.3, 0.4) is 0 Å². The van der Waals surface area contributed by atoms with Gasteiger partial charge in [0.2, 0.25) is 5.91 Å². The van der Waals surface area contributed by atoms with Gasteiger partial charge in [-0.05, 0) is 24.5 Å². The highest BCUT2D eigenvalue weighted by Gasteiger charge is 2.06. The third kappa shape index (κ3) is 5.81. The molecule has 0 bridgehead atoms. The molecule has 1 heterocycles. The molecule has 25 heavy (non-hydrogen) atoms. The number of guanidine groups is 1. The maximum absolute atomic E-state index is 11.7. The fraction of sp³-hybridized carbons (Fsp3) is 0.474. The van der Waals surface area contributed by atoms with Crippen molar-refractivity contribution in [2.24, 2.45) is 4.99 Å². The van der Waals surface area contributed by atoms with Gasteiger partial charge >= 0.3 is 0 Å². The molecular formula is C19H29N5O. The van der Waals surface area contributed by atoms with E-state index in [1.54, 1.807) is 19.0 Å². The van der Waals surface area contributed by atoms with Gasteiger partial charge in [-0.2, -0.15) is 0 Å². The number of para-hydroxylation sites is 1. The smallest absolute Gasteiger partial charge is 0.243 e. The maximum Gasteiger partial charge on any atom is 0.243 e. The molecule has 0 fully saturated rings. The van der Waals surface area contributed by atoms with Crippen LogP contribution in [0.25, 0.3) is 10.9 Å². The number of carbonyl (C=O) groups is 1. The van der Waals surface area contributed by atoms with Crippen LogP contribution in [0.15, 0.2) is 35.5 Å². The predicted octanol–water partition coefficient (Wildman–Crippen LogP) is 2.13. The summed E-state index contributed by atoms with van der Waals surface area (Å²) < 4.78 is 0. The van der Waals surface area contributed by atoms with Crippen LogP contribution in [0.4, 0.5) is 0 Å². The molecule has 0 atom stereocenters. The number of aliphatic imine (C=N–C) groups is 1. The van der Waals surface area contributed by atoms with E-state index in [-0.39, 0.29) is 12.5 Å². The Hall–Kier alpha value is -2.50. The number of amides is 1. The Morgan fingerprint density at radius 2 is 1.96 bits per heavy atom. The molecule has 0 saturated heterocycles. The zero-order valence-electron chi connectivity index (χ0n) is 15.4. The molecule has 2 rings (SSSR count). The highest BCUT2D eigenvalue weighted by Crippen LogP contribution is 2.17. The number of unbranched alkanes of at least 4 members (excludes halogenated alkanes) is 1. The quantitative estimate of drug-likeness (QED) is 0.391. The number of nitrogens with one attached hydrogen (secondary N) is 3. The highest BCUT2D eigenvalue weighted by atomic mass is 16.2. The molecule has 3 N–H and O–H groups in total. The lowest BCUT2D eigenvalue weighted by Gasteiger charge is -2.13. The first kappa shape index (κ1) is 18.8. The van der Waals surface area contributed by atoms with Crippen molar-refractivity contribution < 1.29 is 4.79 Å². The minimum atomic E-state index is -0.00628. The molecule has 6 nitrogen and oxygen atoms in total. The van der Waals surface area contributed by atoms with Crippen LogP contribution in [-0.2, 0) is 11.2 Å². The lowest BCUT2D eigenvalue weighted by molar-refractivity contribution is -0.127. The van der Waals surface area contributed by atoms with Gasteiger partial charge in [-0.15, -0.1) is 0 Å². The van der Waals surface area contributed by atoms with Crippen molar-refractivity contribution in [1.82, 2.24) is 20.5 Å². The van der Waals surface area contributed by atoms with Crippen LogP contribution >= 0.6 is 0 Å². The topological polar surface area (TPSA) is 72.5 Å². The maximum atomic E-state index is 11.7. The summed E-state index contributed by atoms with van der Waals surface area (Å²) in [5, 5.41) is 7.88. The minimum absolute atomic E-state index is 0.00628. The van der Waals surface area contributed by atoms with Gasteiger partial charge in [-0.3, -0.25) is 4.79 Å². The number of benzene rings is 1. The molecule has 0 aliphatic heterocycles. The Morgan fingerprint density at radius 3 is 2.72 bits per heavy atom. The molecule has 0 saturated carbocycles. The van der Waals surface area contributed by atoms with Gasteiger partial charge in [0.1, 0.15) is 6.54 Å². The lowest BCUT2D eigenvalue weighted by Crippen LogP contribution is -2.39. The summed E-state index contributed by atoms with van der Waals surface area (Å²) in [5.74, 6) is 0.691. The normalized spacial score (nSPS) is 11.6. The lowest BCUT2D eigenvalue weighted by atomic mass is 10.1. The molecule has 1 aromatic heterocycles. The van der Waals surface area contributed by atoms with E-state index in [0.29, 0.717) is 5.96 Å². The molecule has 0 radical (unpaired) electrons. The van der Waals surface area contributed by atoms with Crippen LogP contribution in [-0.4, -0.2) is 55.5 Å². The van der Waals surface area contributed by atoms with Gasteiger partial charge in [-0.1, -0.05) is 31.5 Å². The average molecular weight is 343 g/mol. The van der Waals surface area contributed by atoms with Crippen molar-refractivity contribution in [3.8, 4) is 0 Å². The van der Waals surface area contributed by atoms with Gasteiger partial charge in [-0.25, -0.2) is 4.99 Å². The van der Waals surface area contributed by atoms with E-state index >= 15 is 0 Å². The van der Waals surface area contributed by atoms with E-state index in [1.807, 2.05) is 6.07 Å². The summed E-state index contributed by atoms with van der Waals surface area (Å²) in [6, 6.07) is 8.30. The number of carbonyl (C=O) groups excluding carboxylic acids is 1. The minimum Gasteiger partial charge on any atom is -0.361 e. The highest BCUT2D eigenvalue weighted by molar-refractivity contribution is 5.85. The standard InChI is InChI=1S/C19H29N5O/c1-4-5-11-20-19(23-14-18(25)24(2)3)21-12-10-15-13-22-17-9-7-6-8-16(15)17/h6-9,13,22H,4-5,10-12,14H2,1-3H3,(H2,20,21,23). The Morgan fingerprint density at radius 1 is 1.20 bits per heavy atom. The van der Waals surface area contributed by atoms with Gasteiger partial charge in [0, 0.05) is 44.3 Å². The van der Waals surface area contributed by atoms with Crippen LogP contribution in [0.1, 0.15) is 25.3 Å². The number of hydrogen-bond acceptors (Lipinski definition) is 2. The Bertz CT molecular complexity index is 705. The molecular weight excluding hydrogens is 314 g/mol. The van der Waals surface area contributed by atoms with Crippen LogP contribution in [0, 0.1) is 0 Å². The number of fused-ring (bicyclic) bond motifs is 1. The number of rotatable bonds is 8. The van der Waals surface area contributed by atoms with Crippen molar-refractivity contribution in [1.29, 1.82) is 0 Å². The number of nitrogens with zero attached hydrogens (tertiary/aromatic N) is 2. The van der Waals surface area contributed by atoms with E-state index in [1.165, 1.54) is 10.9 Å². The number of likely N-dealkylation sites (N-methyl/N-ethyl adjacent to an activating group) is 1.